The molecule has 0 saturated heterocycles. The van der Waals surface area contributed by atoms with E-state index in [1.807, 2.05) is 0 Å². The monoisotopic (exact) mass is 383 g/mol. The number of hydrogen-bond donors (Lipinski definition) is 2. The average Bonchev–Trinajstić information content (AvgIpc) is 2.36. The summed E-state index contributed by atoms with van der Waals surface area (Å²) < 4.78 is 38.8. The van der Waals surface area contributed by atoms with Gasteiger partial charge in [0.1, 0.15) is 10.7 Å². The molecule has 0 aromatic carbocycles. The van der Waals surface area contributed by atoms with Crippen LogP contribution in [0.4, 0.5) is 5.82 Å². The predicted octanol–water partition coefficient (Wildman–Crippen LogP) is 1.32. The van der Waals surface area contributed by atoms with Crippen LogP contribution in [0.5, 0.6) is 0 Å². The molecule has 0 aliphatic heterocycles. The van der Waals surface area contributed by atoms with E-state index in [1.54, 1.807) is 20.2 Å². The van der Waals surface area contributed by atoms with Gasteiger partial charge in [0, 0.05) is 46.6 Å². The maximum absolute atomic E-state index is 12.3. The van der Waals surface area contributed by atoms with E-state index in [9.17, 15) is 12.6 Å². The summed E-state index contributed by atoms with van der Waals surface area (Å²) in [5.41, 5.74) is 0. The van der Waals surface area contributed by atoms with Crippen molar-refractivity contribution in [2.75, 3.05) is 24.4 Å². The Labute approximate surface area is 130 Å². The van der Waals surface area contributed by atoms with Crippen molar-refractivity contribution in [2.45, 2.75) is 24.3 Å². The van der Waals surface area contributed by atoms with Gasteiger partial charge in [-0.2, -0.15) is 0 Å². The molecule has 2 atom stereocenters. The van der Waals surface area contributed by atoms with E-state index in [2.05, 4.69) is 31.0 Å². The molecule has 0 spiro atoms. The van der Waals surface area contributed by atoms with Crippen LogP contribution in [0.3, 0.4) is 0 Å². The van der Waals surface area contributed by atoms with Gasteiger partial charge in [-0.15, -0.1) is 0 Å². The SMILES string of the molecule is CNc1ncc(Br)cc1S(=O)(=O)NC(C)CCS(C)=O. The van der Waals surface area contributed by atoms with E-state index < -0.39 is 20.8 Å². The fourth-order valence-electron chi connectivity index (χ4n) is 1.54. The number of halogens is 1. The van der Waals surface area contributed by atoms with E-state index in [-0.39, 0.29) is 16.8 Å². The molecule has 0 aliphatic rings. The molecular weight excluding hydrogens is 366 g/mol. The van der Waals surface area contributed by atoms with Crippen LogP contribution in [0.25, 0.3) is 0 Å². The minimum absolute atomic E-state index is 0.0823. The van der Waals surface area contributed by atoms with Gasteiger partial charge in [-0.3, -0.25) is 4.21 Å². The van der Waals surface area contributed by atoms with Gasteiger partial charge in [-0.1, -0.05) is 0 Å². The Bertz CT molecular complexity index is 593. The van der Waals surface area contributed by atoms with Crippen LogP contribution >= 0.6 is 15.9 Å². The van der Waals surface area contributed by atoms with E-state index >= 15 is 0 Å². The van der Waals surface area contributed by atoms with Crippen LogP contribution in [0.1, 0.15) is 13.3 Å². The highest BCUT2D eigenvalue weighted by Gasteiger charge is 2.22. The van der Waals surface area contributed by atoms with Crippen molar-refractivity contribution in [3.8, 4) is 0 Å². The van der Waals surface area contributed by atoms with Crippen LogP contribution in [0, 0.1) is 0 Å². The lowest BCUT2D eigenvalue weighted by atomic mass is 10.3. The zero-order valence-electron chi connectivity index (χ0n) is 11.5. The van der Waals surface area contributed by atoms with E-state index in [0.717, 1.165) is 0 Å². The average molecular weight is 384 g/mol. The first-order valence-electron chi connectivity index (χ1n) is 5.92. The molecule has 0 radical (unpaired) electrons. The van der Waals surface area contributed by atoms with Crippen molar-refractivity contribution < 1.29 is 12.6 Å². The highest BCUT2D eigenvalue weighted by Crippen LogP contribution is 2.22. The van der Waals surface area contributed by atoms with E-state index in [4.69, 9.17) is 0 Å². The Morgan fingerprint density at radius 1 is 1.50 bits per heavy atom. The second-order valence-electron chi connectivity index (χ2n) is 4.34. The molecule has 0 fully saturated rings. The first-order chi connectivity index (χ1) is 9.26. The standard InChI is InChI=1S/C11H18BrN3O3S2/c1-8(4-5-19(3)16)15-20(17,18)10-6-9(12)7-14-11(10)13-2/h6-8,15H,4-5H2,1-3H3,(H,13,14). The lowest BCUT2D eigenvalue weighted by molar-refractivity contribution is 0.555. The summed E-state index contributed by atoms with van der Waals surface area (Å²) in [4.78, 5) is 4.10. The molecule has 0 bridgehead atoms. The molecule has 114 valence electrons. The number of sulfonamides is 1. The minimum atomic E-state index is -3.68. The highest BCUT2D eigenvalue weighted by molar-refractivity contribution is 9.10. The van der Waals surface area contributed by atoms with Gasteiger partial charge in [0.15, 0.2) is 0 Å². The number of rotatable bonds is 7. The molecule has 1 aromatic heterocycles. The van der Waals surface area contributed by atoms with Gasteiger partial charge < -0.3 is 5.32 Å². The zero-order chi connectivity index (χ0) is 15.3. The third-order valence-electron chi connectivity index (χ3n) is 2.54. The molecule has 20 heavy (non-hydrogen) atoms. The zero-order valence-corrected chi connectivity index (χ0v) is 14.7. The third kappa shape index (κ3) is 5.12. The number of nitrogens with zero attached hydrogens (tertiary/aromatic N) is 1. The van der Waals surface area contributed by atoms with Crippen LogP contribution in [0.2, 0.25) is 0 Å². The molecular formula is C11H18BrN3O3S2. The smallest absolute Gasteiger partial charge is 0.244 e. The van der Waals surface area contributed by atoms with Gasteiger partial charge in [0.2, 0.25) is 10.0 Å². The quantitative estimate of drug-likeness (QED) is 0.740. The summed E-state index contributed by atoms with van der Waals surface area (Å²) in [6.45, 7) is 1.74. The topological polar surface area (TPSA) is 88.2 Å². The number of pyridine rings is 1. The lowest BCUT2D eigenvalue weighted by Crippen LogP contribution is -2.34. The summed E-state index contributed by atoms with van der Waals surface area (Å²) in [6.07, 6.45) is 3.63. The fraction of sp³-hybridized carbons (Fsp3) is 0.545. The summed E-state index contributed by atoms with van der Waals surface area (Å²) >= 11 is 3.21. The van der Waals surface area contributed by atoms with Gasteiger partial charge in [-0.05, 0) is 35.3 Å². The first kappa shape index (κ1) is 17.5. The minimum Gasteiger partial charge on any atom is -0.372 e. The second kappa shape index (κ2) is 7.48. The van der Waals surface area contributed by atoms with Gasteiger partial charge >= 0.3 is 0 Å². The Morgan fingerprint density at radius 3 is 2.70 bits per heavy atom. The molecule has 6 nitrogen and oxygen atoms in total. The summed E-state index contributed by atoms with van der Waals surface area (Å²) in [6, 6.07) is 1.19. The van der Waals surface area contributed by atoms with Gasteiger partial charge in [0.05, 0.1) is 0 Å². The normalized spacial score (nSPS) is 14.8. The molecule has 0 aliphatic carbocycles. The van der Waals surface area contributed by atoms with Crippen molar-refractivity contribution in [2.24, 2.45) is 0 Å². The van der Waals surface area contributed by atoms with Crippen molar-refractivity contribution in [3.63, 3.8) is 0 Å². The van der Waals surface area contributed by atoms with Gasteiger partial charge in [-0.25, -0.2) is 18.1 Å². The number of anilines is 1. The lowest BCUT2D eigenvalue weighted by Gasteiger charge is -2.15. The first-order valence-corrected chi connectivity index (χ1v) is 9.92. The third-order valence-corrected chi connectivity index (χ3v) is 5.39. The van der Waals surface area contributed by atoms with Crippen molar-refractivity contribution in [1.82, 2.24) is 9.71 Å². The Hall–Kier alpha value is -0.510. The summed E-state index contributed by atoms with van der Waals surface area (Å²) in [5.74, 6) is 0.742. The largest absolute Gasteiger partial charge is 0.372 e. The fourth-order valence-corrected chi connectivity index (χ4v) is 4.18. The Morgan fingerprint density at radius 2 is 2.15 bits per heavy atom. The molecule has 0 saturated carbocycles. The number of nitrogens with one attached hydrogen (secondary N) is 2. The van der Waals surface area contributed by atoms with E-state index in [0.29, 0.717) is 16.6 Å². The molecule has 2 unspecified atom stereocenters. The maximum atomic E-state index is 12.3. The van der Waals surface area contributed by atoms with E-state index in [1.165, 1.54) is 12.3 Å². The highest BCUT2D eigenvalue weighted by atomic mass is 79.9. The Kier molecular flexibility index (Phi) is 6.56. The van der Waals surface area contributed by atoms with Gasteiger partial charge in [0.25, 0.3) is 0 Å². The van der Waals surface area contributed by atoms with Crippen LogP contribution in [-0.4, -0.2) is 42.7 Å². The van der Waals surface area contributed by atoms with Crippen molar-refractivity contribution in [1.29, 1.82) is 0 Å². The van der Waals surface area contributed by atoms with Crippen molar-refractivity contribution in [3.05, 3.63) is 16.7 Å². The van der Waals surface area contributed by atoms with Crippen LogP contribution in [-0.2, 0) is 20.8 Å². The second-order valence-corrected chi connectivity index (χ2v) is 8.49. The molecule has 2 N–H and O–H groups in total. The Balaban J connectivity index is 2.93. The molecule has 1 rings (SSSR count). The number of hydrogen-bond acceptors (Lipinski definition) is 5. The maximum Gasteiger partial charge on any atom is 0.244 e. The summed E-state index contributed by atoms with van der Waals surface area (Å²) in [5, 5.41) is 2.75. The number of aromatic nitrogens is 1. The molecule has 0 amide bonds. The van der Waals surface area contributed by atoms with Crippen molar-refractivity contribution >= 4 is 42.6 Å². The summed E-state index contributed by atoms with van der Waals surface area (Å²) in [7, 11) is -3.00. The van der Waals surface area contributed by atoms with Crippen LogP contribution < -0.4 is 10.0 Å². The predicted molar refractivity (Wildman–Crippen MR) is 84.8 cm³/mol. The molecule has 9 heteroatoms. The molecule has 1 aromatic rings. The van der Waals surface area contributed by atoms with Crippen LogP contribution in [0.15, 0.2) is 21.6 Å². The molecule has 1 heterocycles.